The molecule has 0 saturated carbocycles. The van der Waals surface area contributed by atoms with Gasteiger partial charge in [-0.1, -0.05) is 11.8 Å². The average Bonchev–Trinajstić information content (AvgIpc) is 3.14. The number of carbonyl (C=O) groups excluding carboxylic acids is 2. The topological polar surface area (TPSA) is 118 Å². The highest BCUT2D eigenvalue weighted by Crippen LogP contribution is 2.17. The van der Waals surface area contributed by atoms with Crippen LogP contribution < -0.4 is 16.3 Å². The lowest BCUT2D eigenvalue weighted by atomic mass is 10.2. The summed E-state index contributed by atoms with van der Waals surface area (Å²) in [6.07, 6.45) is 1.90. The van der Waals surface area contributed by atoms with Gasteiger partial charge in [0.25, 0.3) is 0 Å². The van der Waals surface area contributed by atoms with Crippen LogP contribution in [0.3, 0.4) is 0 Å². The number of rotatable bonds is 8. The predicted molar refractivity (Wildman–Crippen MR) is 88.8 cm³/mol. The second kappa shape index (κ2) is 8.88. The minimum atomic E-state index is -0.315. The monoisotopic (exact) mass is 357 g/mol. The molecule has 0 aromatic carbocycles. The molecular weight excluding hydrogens is 334 g/mol. The molecule has 1 atom stereocenters. The zero-order valence-corrected chi connectivity index (χ0v) is 14.6. The van der Waals surface area contributed by atoms with Crippen LogP contribution in [0.4, 0.5) is 0 Å². The summed E-state index contributed by atoms with van der Waals surface area (Å²) in [7, 11) is 0. The quantitative estimate of drug-likeness (QED) is 0.539. The zero-order valence-electron chi connectivity index (χ0n) is 13.8. The van der Waals surface area contributed by atoms with Gasteiger partial charge >= 0.3 is 5.69 Å². The lowest BCUT2D eigenvalue weighted by molar-refractivity contribution is -0.125. The Labute approximate surface area is 143 Å². The Morgan fingerprint density at radius 1 is 1.46 bits per heavy atom. The van der Waals surface area contributed by atoms with Crippen molar-refractivity contribution in [3.05, 3.63) is 10.5 Å². The normalized spacial score (nSPS) is 17.2. The number of hydrogen-bond acceptors (Lipinski definition) is 6. The number of nitrogens with one attached hydrogen (secondary N) is 3. The smallest absolute Gasteiger partial charge is 0.344 e. The van der Waals surface area contributed by atoms with E-state index < -0.39 is 0 Å². The molecule has 2 amide bonds. The Morgan fingerprint density at radius 3 is 2.92 bits per heavy atom. The number of H-pyrrole nitrogens is 1. The number of aromatic nitrogens is 3. The Hall–Kier alpha value is -1.81. The first-order chi connectivity index (χ1) is 11.5. The Morgan fingerprint density at radius 2 is 2.25 bits per heavy atom. The number of ether oxygens (including phenoxy) is 1. The summed E-state index contributed by atoms with van der Waals surface area (Å²) < 4.78 is 7.01. The Bertz CT molecular complexity index is 621. The standard InChI is InChI=1S/C14H23N5O4S/c1-9(2)16-11(20)6-15-12(21)8-24-14-18-17-13(22)19(14)7-10-4-3-5-23-10/h9-10H,3-8H2,1-2H3,(H,15,21)(H,16,20)(H,17,22)/t10-/m1/s1. The maximum Gasteiger partial charge on any atom is 0.344 e. The van der Waals surface area contributed by atoms with Crippen molar-refractivity contribution >= 4 is 23.6 Å². The van der Waals surface area contributed by atoms with E-state index in [1.165, 1.54) is 4.57 Å². The van der Waals surface area contributed by atoms with Crippen molar-refractivity contribution in [2.45, 2.75) is 50.5 Å². The van der Waals surface area contributed by atoms with Crippen LogP contribution >= 0.6 is 11.8 Å². The maximum atomic E-state index is 11.8. The van der Waals surface area contributed by atoms with Gasteiger partial charge in [-0.15, -0.1) is 5.10 Å². The molecule has 1 fully saturated rings. The van der Waals surface area contributed by atoms with E-state index >= 15 is 0 Å². The van der Waals surface area contributed by atoms with Gasteiger partial charge in [0.2, 0.25) is 11.8 Å². The average molecular weight is 357 g/mol. The van der Waals surface area contributed by atoms with Crippen LogP contribution in [-0.4, -0.2) is 57.6 Å². The predicted octanol–water partition coefficient (Wildman–Crippen LogP) is -0.517. The first kappa shape index (κ1) is 18.5. The summed E-state index contributed by atoms with van der Waals surface area (Å²) >= 11 is 1.15. The molecule has 9 nitrogen and oxygen atoms in total. The number of thioether (sulfide) groups is 1. The van der Waals surface area contributed by atoms with Crippen LogP contribution in [0, 0.1) is 0 Å². The van der Waals surface area contributed by atoms with E-state index in [4.69, 9.17) is 4.74 Å². The number of nitrogens with zero attached hydrogens (tertiary/aromatic N) is 2. The van der Waals surface area contributed by atoms with E-state index in [1.807, 2.05) is 13.8 Å². The lowest BCUT2D eigenvalue weighted by Crippen LogP contribution is -2.40. The molecule has 1 aliphatic heterocycles. The molecule has 1 aromatic heterocycles. The van der Waals surface area contributed by atoms with E-state index in [0.29, 0.717) is 18.3 Å². The van der Waals surface area contributed by atoms with Crippen LogP contribution in [-0.2, 0) is 20.9 Å². The number of hydrogen-bond donors (Lipinski definition) is 3. The highest BCUT2D eigenvalue weighted by Gasteiger charge is 2.20. The fraction of sp³-hybridized carbons (Fsp3) is 0.714. The second-order valence-corrected chi connectivity index (χ2v) is 6.79. The molecule has 24 heavy (non-hydrogen) atoms. The molecule has 1 aromatic rings. The largest absolute Gasteiger partial charge is 0.376 e. The van der Waals surface area contributed by atoms with Crippen molar-refractivity contribution in [1.82, 2.24) is 25.4 Å². The van der Waals surface area contributed by atoms with Crippen molar-refractivity contribution in [3.8, 4) is 0 Å². The molecule has 3 N–H and O–H groups in total. The van der Waals surface area contributed by atoms with E-state index in [2.05, 4.69) is 20.8 Å². The molecule has 2 heterocycles. The van der Waals surface area contributed by atoms with Gasteiger partial charge in [-0.25, -0.2) is 9.89 Å². The highest BCUT2D eigenvalue weighted by atomic mass is 32.2. The number of amides is 2. The van der Waals surface area contributed by atoms with Crippen molar-refractivity contribution in [1.29, 1.82) is 0 Å². The van der Waals surface area contributed by atoms with Crippen LogP contribution in [0.15, 0.2) is 9.95 Å². The summed E-state index contributed by atoms with van der Waals surface area (Å²) in [5.41, 5.74) is -0.315. The minimum absolute atomic E-state index is 0.00760. The summed E-state index contributed by atoms with van der Waals surface area (Å²) in [6, 6.07) is 0.0278. The third kappa shape index (κ3) is 5.68. The molecule has 10 heteroatoms. The highest BCUT2D eigenvalue weighted by molar-refractivity contribution is 7.99. The SMILES string of the molecule is CC(C)NC(=O)CNC(=O)CSc1n[nH]c(=O)n1C[C@H]1CCCO1. The van der Waals surface area contributed by atoms with Crippen molar-refractivity contribution in [2.24, 2.45) is 0 Å². The van der Waals surface area contributed by atoms with Gasteiger partial charge in [-0.05, 0) is 26.7 Å². The van der Waals surface area contributed by atoms with Gasteiger partial charge in [0.1, 0.15) is 0 Å². The van der Waals surface area contributed by atoms with Crippen LogP contribution in [0.5, 0.6) is 0 Å². The third-order valence-corrected chi connectivity index (χ3v) is 4.34. The molecule has 0 spiro atoms. The summed E-state index contributed by atoms with van der Waals surface area (Å²) in [4.78, 5) is 35.1. The minimum Gasteiger partial charge on any atom is -0.376 e. The van der Waals surface area contributed by atoms with Gasteiger partial charge in [0, 0.05) is 12.6 Å². The van der Waals surface area contributed by atoms with Crippen molar-refractivity contribution in [3.63, 3.8) is 0 Å². The van der Waals surface area contributed by atoms with Gasteiger partial charge < -0.3 is 15.4 Å². The molecule has 0 bridgehead atoms. The van der Waals surface area contributed by atoms with Crippen molar-refractivity contribution < 1.29 is 14.3 Å². The molecule has 1 saturated heterocycles. The van der Waals surface area contributed by atoms with Gasteiger partial charge in [0.05, 0.1) is 24.9 Å². The fourth-order valence-corrected chi connectivity index (χ4v) is 3.09. The van der Waals surface area contributed by atoms with E-state index in [9.17, 15) is 14.4 Å². The molecule has 1 aliphatic rings. The van der Waals surface area contributed by atoms with Gasteiger partial charge in [-0.2, -0.15) is 0 Å². The Balaban J connectivity index is 1.80. The first-order valence-electron chi connectivity index (χ1n) is 7.91. The number of aromatic amines is 1. The molecule has 0 aliphatic carbocycles. The lowest BCUT2D eigenvalue weighted by Gasteiger charge is -2.11. The van der Waals surface area contributed by atoms with E-state index in [1.54, 1.807) is 0 Å². The van der Waals surface area contributed by atoms with Crippen LogP contribution in [0.25, 0.3) is 0 Å². The Kier molecular flexibility index (Phi) is 6.85. The van der Waals surface area contributed by atoms with Gasteiger partial charge in [-0.3, -0.25) is 14.2 Å². The summed E-state index contributed by atoms with van der Waals surface area (Å²) in [5, 5.41) is 12.0. The summed E-state index contributed by atoms with van der Waals surface area (Å²) in [6.45, 7) is 4.76. The zero-order chi connectivity index (χ0) is 17.5. The molecule has 0 unspecified atom stereocenters. The van der Waals surface area contributed by atoms with Crippen molar-refractivity contribution in [2.75, 3.05) is 18.9 Å². The second-order valence-electron chi connectivity index (χ2n) is 5.84. The molecule has 2 rings (SSSR count). The molecule has 134 valence electrons. The van der Waals surface area contributed by atoms with E-state index in [-0.39, 0.29) is 41.9 Å². The van der Waals surface area contributed by atoms with E-state index in [0.717, 1.165) is 24.6 Å². The number of carbonyl (C=O) groups is 2. The first-order valence-corrected chi connectivity index (χ1v) is 8.90. The summed E-state index contributed by atoms with van der Waals surface area (Å²) in [5.74, 6) is -0.457. The molecule has 0 radical (unpaired) electrons. The molecular formula is C14H23N5O4S. The van der Waals surface area contributed by atoms with Crippen LogP contribution in [0.1, 0.15) is 26.7 Å². The van der Waals surface area contributed by atoms with Crippen LogP contribution in [0.2, 0.25) is 0 Å². The maximum absolute atomic E-state index is 11.8. The van der Waals surface area contributed by atoms with Gasteiger partial charge in [0.15, 0.2) is 5.16 Å². The third-order valence-electron chi connectivity index (χ3n) is 3.36. The fourth-order valence-electron chi connectivity index (χ4n) is 2.30.